The Kier molecular flexibility index (Phi) is 6.25. The van der Waals surface area contributed by atoms with Crippen molar-refractivity contribution in [3.63, 3.8) is 0 Å². The summed E-state index contributed by atoms with van der Waals surface area (Å²) in [4.78, 5) is 44.7. The summed E-state index contributed by atoms with van der Waals surface area (Å²) in [5, 5.41) is 26.8. The lowest BCUT2D eigenvalue weighted by Crippen LogP contribution is -2.64. The molecule has 8 nitrogen and oxygen atoms in total. The standard InChI is InChI=1S/C32H38N2O6/c1-17-8-7-10-22-28(38)30(4)19(3)27-31(40-30,15-20-16-33-23-11-6-5-9-21(20)23)34-29(39)32(22,27)25(36)13-12-24(35)26(37)18(2)14-17/h5-7,9-11,14,16-17,19,22,24,27-28,33,35,38H,8,12-13,15H2,1-4H3,(H,34,39). The number of aromatic nitrogens is 1. The number of fused-ring (bicyclic) bond motifs is 2. The van der Waals surface area contributed by atoms with Crippen molar-refractivity contribution in [2.24, 2.45) is 29.1 Å². The van der Waals surface area contributed by atoms with Crippen molar-refractivity contribution in [1.29, 1.82) is 0 Å². The largest absolute Gasteiger partial charge is 0.389 e. The summed E-state index contributed by atoms with van der Waals surface area (Å²) in [5.41, 5.74) is -1.44. The van der Waals surface area contributed by atoms with E-state index < -0.39 is 52.5 Å². The van der Waals surface area contributed by atoms with Gasteiger partial charge in [0.1, 0.15) is 17.3 Å². The topological polar surface area (TPSA) is 129 Å². The van der Waals surface area contributed by atoms with Crippen LogP contribution >= 0.6 is 0 Å². The third-order valence-electron chi connectivity index (χ3n) is 10.3. The van der Waals surface area contributed by atoms with Crippen molar-refractivity contribution in [3.8, 4) is 0 Å². The quantitative estimate of drug-likeness (QED) is 0.338. The fraction of sp³-hybridized carbons (Fsp3) is 0.531. The van der Waals surface area contributed by atoms with Crippen LogP contribution in [0.3, 0.4) is 0 Å². The van der Waals surface area contributed by atoms with E-state index >= 15 is 0 Å². The van der Waals surface area contributed by atoms with Crippen molar-refractivity contribution in [3.05, 3.63) is 59.8 Å². The van der Waals surface area contributed by atoms with Crippen LogP contribution in [0.2, 0.25) is 0 Å². The van der Waals surface area contributed by atoms with Crippen LogP contribution in [0.25, 0.3) is 10.9 Å². The third kappa shape index (κ3) is 3.58. The van der Waals surface area contributed by atoms with E-state index in [1.54, 1.807) is 6.92 Å². The highest BCUT2D eigenvalue weighted by Crippen LogP contribution is 2.67. The van der Waals surface area contributed by atoms with Gasteiger partial charge >= 0.3 is 0 Å². The average molecular weight is 547 g/mol. The van der Waals surface area contributed by atoms with Gasteiger partial charge in [0.15, 0.2) is 11.5 Å². The van der Waals surface area contributed by atoms with Crippen molar-refractivity contribution >= 4 is 28.4 Å². The first-order valence-corrected chi connectivity index (χ1v) is 14.3. The fourth-order valence-corrected chi connectivity index (χ4v) is 8.26. The number of hydrogen-bond acceptors (Lipinski definition) is 6. The van der Waals surface area contributed by atoms with Crippen LogP contribution in [-0.4, -0.2) is 56.2 Å². The van der Waals surface area contributed by atoms with Crippen molar-refractivity contribution in [1.82, 2.24) is 10.3 Å². The first-order chi connectivity index (χ1) is 19.0. The summed E-state index contributed by atoms with van der Waals surface area (Å²) >= 11 is 0. The maximum absolute atomic E-state index is 14.4. The monoisotopic (exact) mass is 546 g/mol. The Morgan fingerprint density at radius 3 is 2.65 bits per heavy atom. The number of carbonyl (C=O) groups is 3. The van der Waals surface area contributed by atoms with Gasteiger partial charge < -0.3 is 25.3 Å². The van der Waals surface area contributed by atoms with Crippen LogP contribution in [0.5, 0.6) is 0 Å². The molecule has 2 bridgehead atoms. The summed E-state index contributed by atoms with van der Waals surface area (Å²) in [7, 11) is 0. The van der Waals surface area contributed by atoms with Crippen LogP contribution in [0, 0.1) is 29.1 Å². The molecule has 1 spiro atoms. The highest BCUT2D eigenvalue weighted by molar-refractivity contribution is 6.10. The molecule has 212 valence electrons. The lowest BCUT2D eigenvalue weighted by atomic mass is 9.50. The molecular formula is C32H38N2O6. The van der Waals surface area contributed by atoms with E-state index in [1.807, 2.05) is 69.5 Å². The van der Waals surface area contributed by atoms with Gasteiger partial charge in [-0.15, -0.1) is 0 Å². The van der Waals surface area contributed by atoms with Crippen LogP contribution in [0.15, 0.2) is 54.3 Å². The van der Waals surface area contributed by atoms with Gasteiger partial charge in [0.25, 0.3) is 0 Å². The number of amides is 1. The number of allylic oxidation sites excluding steroid dienone is 2. The van der Waals surface area contributed by atoms with E-state index in [9.17, 15) is 24.6 Å². The zero-order valence-electron chi connectivity index (χ0n) is 23.4. The minimum atomic E-state index is -1.60. The fourth-order valence-electron chi connectivity index (χ4n) is 8.26. The molecule has 1 amide bonds. The van der Waals surface area contributed by atoms with E-state index in [0.29, 0.717) is 18.4 Å². The number of hydrogen-bond donors (Lipinski definition) is 4. The van der Waals surface area contributed by atoms with E-state index in [2.05, 4.69) is 10.3 Å². The van der Waals surface area contributed by atoms with Gasteiger partial charge in [-0.3, -0.25) is 14.4 Å². The second-order valence-corrected chi connectivity index (χ2v) is 12.6. The summed E-state index contributed by atoms with van der Waals surface area (Å²) in [6.07, 6.45) is 5.64. The molecule has 3 fully saturated rings. The average Bonchev–Trinajstić information content (AvgIpc) is 3.48. The normalized spacial score (nSPS) is 41.6. The van der Waals surface area contributed by atoms with E-state index in [0.717, 1.165) is 16.5 Å². The molecule has 8 heteroatoms. The van der Waals surface area contributed by atoms with Gasteiger partial charge in [0, 0.05) is 41.8 Å². The molecule has 0 radical (unpaired) electrons. The number of ketones is 2. The summed E-state index contributed by atoms with van der Waals surface area (Å²) in [6, 6.07) is 7.90. The Labute approximate surface area is 233 Å². The Balaban J connectivity index is 1.49. The molecule has 9 atom stereocenters. The number of aliphatic hydroxyl groups is 2. The lowest BCUT2D eigenvalue weighted by Gasteiger charge is -2.50. The van der Waals surface area contributed by atoms with Crippen molar-refractivity contribution in [2.45, 2.75) is 76.9 Å². The molecule has 4 aliphatic rings. The Bertz CT molecular complexity index is 1460. The highest BCUT2D eigenvalue weighted by Gasteiger charge is 2.82. The second-order valence-electron chi connectivity index (χ2n) is 12.6. The minimum Gasteiger partial charge on any atom is -0.389 e. The minimum absolute atomic E-state index is 0.0126. The number of nitrogens with one attached hydrogen (secondary N) is 2. The summed E-state index contributed by atoms with van der Waals surface area (Å²) < 4.78 is 6.80. The number of Topliss-reactive ketones (excluding diaryl/α,β-unsaturated/α-hetero) is 2. The van der Waals surface area contributed by atoms with Gasteiger partial charge in [-0.1, -0.05) is 50.3 Å². The zero-order valence-corrected chi connectivity index (χ0v) is 23.4. The molecule has 4 N–H and O–H groups in total. The summed E-state index contributed by atoms with van der Waals surface area (Å²) in [6.45, 7) is 7.48. The van der Waals surface area contributed by atoms with Crippen LogP contribution in [0.1, 0.15) is 52.5 Å². The molecule has 1 saturated carbocycles. The molecule has 2 saturated heterocycles. The van der Waals surface area contributed by atoms with Crippen molar-refractivity contribution < 1.29 is 29.3 Å². The number of ether oxygens (including phenoxy) is 1. The van der Waals surface area contributed by atoms with Gasteiger partial charge in [-0.2, -0.15) is 0 Å². The van der Waals surface area contributed by atoms with Crippen molar-refractivity contribution in [2.75, 3.05) is 0 Å². The molecule has 1 aromatic heterocycles. The number of rotatable bonds is 2. The molecule has 2 aliphatic carbocycles. The smallest absolute Gasteiger partial charge is 0.237 e. The number of H-pyrrole nitrogens is 1. The predicted octanol–water partition coefficient (Wildman–Crippen LogP) is 3.38. The first kappa shape index (κ1) is 27.1. The SMILES string of the molecule is CC1=CC(C)CC=CC2C(O)C3(C)OC4(Cc5c[nH]c6ccccc56)NC(=O)C2(C(=O)CCC(O)C1=O)C4C3C. The van der Waals surface area contributed by atoms with E-state index in [1.165, 1.54) is 0 Å². The zero-order chi connectivity index (χ0) is 28.6. The maximum Gasteiger partial charge on any atom is 0.237 e. The van der Waals surface area contributed by atoms with Crippen LogP contribution < -0.4 is 5.32 Å². The van der Waals surface area contributed by atoms with E-state index in [-0.39, 0.29) is 30.5 Å². The Hall–Kier alpha value is -3.07. The number of carbonyl (C=O) groups excluding carboxylic acids is 3. The molecule has 9 unspecified atom stereocenters. The van der Waals surface area contributed by atoms with Gasteiger partial charge in [-0.25, -0.2) is 0 Å². The number of benzene rings is 1. The molecule has 3 heterocycles. The molecule has 1 aromatic carbocycles. The number of aromatic amines is 1. The lowest BCUT2D eigenvalue weighted by molar-refractivity contribution is -0.191. The number of para-hydroxylation sites is 1. The molecule has 2 aromatic rings. The van der Waals surface area contributed by atoms with E-state index in [4.69, 9.17) is 4.74 Å². The molecule has 40 heavy (non-hydrogen) atoms. The third-order valence-corrected chi connectivity index (χ3v) is 10.3. The second kappa shape index (κ2) is 9.23. The van der Waals surface area contributed by atoms with Crippen LogP contribution in [-0.2, 0) is 25.5 Å². The molecule has 2 aliphatic heterocycles. The highest BCUT2D eigenvalue weighted by atomic mass is 16.6. The Morgan fingerprint density at radius 2 is 1.88 bits per heavy atom. The molecule has 6 rings (SSSR count). The first-order valence-electron chi connectivity index (χ1n) is 14.3. The van der Waals surface area contributed by atoms with Gasteiger partial charge in [0.05, 0.1) is 11.7 Å². The van der Waals surface area contributed by atoms with Gasteiger partial charge in [-0.05, 0) is 55.7 Å². The Morgan fingerprint density at radius 1 is 1.12 bits per heavy atom. The molecular weight excluding hydrogens is 508 g/mol. The summed E-state index contributed by atoms with van der Waals surface area (Å²) in [5.74, 6) is -2.95. The van der Waals surface area contributed by atoms with Gasteiger partial charge in [0.2, 0.25) is 5.91 Å². The maximum atomic E-state index is 14.4. The van der Waals surface area contributed by atoms with Crippen LogP contribution in [0.4, 0.5) is 0 Å². The predicted molar refractivity (Wildman–Crippen MR) is 149 cm³/mol. The number of aliphatic hydroxyl groups excluding tert-OH is 2.